The van der Waals surface area contributed by atoms with Crippen molar-refractivity contribution in [2.75, 3.05) is 5.32 Å². The topological polar surface area (TPSA) is 41.1 Å². The van der Waals surface area contributed by atoms with Gasteiger partial charge in [-0.15, -0.1) is 0 Å². The molecular formula is C26H30N2O. The Balaban J connectivity index is 1.50. The maximum absolute atomic E-state index is 13.2. The van der Waals surface area contributed by atoms with Gasteiger partial charge in [0.15, 0.2) is 0 Å². The lowest BCUT2D eigenvalue weighted by atomic mass is 9.75. The molecule has 2 N–H and O–H groups in total. The molecule has 0 bridgehead atoms. The van der Waals surface area contributed by atoms with Crippen molar-refractivity contribution in [3.05, 3.63) is 76.9 Å². The second-order valence-corrected chi connectivity index (χ2v) is 8.91. The maximum Gasteiger partial charge on any atom is 0.253 e. The number of allylic oxidation sites excluding steroid dienone is 2. The van der Waals surface area contributed by atoms with Crippen LogP contribution in [0.25, 0.3) is 0 Å². The molecule has 1 heterocycles. The lowest BCUT2D eigenvalue weighted by Gasteiger charge is -2.39. The van der Waals surface area contributed by atoms with Crippen LogP contribution < -0.4 is 10.6 Å². The number of benzene rings is 2. The number of rotatable bonds is 3. The summed E-state index contributed by atoms with van der Waals surface area (Å²) < 4.78 is 0. The first-order chi connectivity index (χ1) is 14.2. The van der Waals surface area contributed by atoms with Gasteiger partial charge in [-0.2, -0.15) is 0 Å². The fourth-order valence-corrected chi connectivity index (χ4v) is 5.56. The molecule has 2 aromatic rings. The lowest BCUT2D eigenvalue weighted by Crippen LogP contribution is -2.37. The smallest absolute Gasteiger partial charge is 0.253 e. The molecule has 2 aromatic carbocycles. The van der Waals surface area contributed by atoms with Gasteiger partial charge in [-0.25, -0.2) is 0 Å². The SMILES string of the molecule is Cc1ccccc1C1Nc2c(C(=O)NC3CCCCC3)cccc2C2C=CCC21. The number of fused-ring (bicyclic) bond motifs is 3. The first-order valence-electron chi connectivity index (χ1n) is 11.1. The summed E-state index contributed by atoms with van der Waals surface area (Å²) in [6.07, 6.45) is 11.7. The molecule has 1 saturated carbocycles. The quantitative estimate of drug-likeness (QED) is 0.646. The zero-order valence-corrected chi connectivity index (χ0v) is 17.2. The second kappa shape index (κ2) is 7.70. The Hall–Kier alpha value is -2.55. The van der Waals surface area contributed by atoms with Gasteiger partial charge in [0.2, 0.25) is 0 Å². The van der Waals surface area contributed by atoms with E-state index in [1.807, 2.05) is 12.1 Å². The second-order valence-electron chi connectivity index (χ2n) is 8.91. The van der Waals surface area contributed by atoms with Gasteiger partial charge in [0, 0.05) is 12.0 Å². The van der Waals surface area contributed by atoms with E-state index in [9.17, 15) is 4.79 Å². The van der Waals surface area contributed by atoms with E-state index in [0.29, 0.717) is 17.9 Å². The van der Waals surface area contributed by atoms with E-state index >= 15 is 0 Å². The molecule has 1 fully saturated rings. The minimum absolute atomic E-state index is 0.0743. The Morgan fingerprint density at radius 3 is 2.62 bits per heavy atom. The number of nitrogens with one attached hydrogen (secondary N) is 2. The number of hydrogen-bond donors (Lipinski definition) is 2. The van der Waals surface area contributed by atoms with Crippen LogP contribution in [0.1, 0.15) is 77.5 Å². The third kappa shape index (κ3) is 3.37. The number of amides is 1. The summed E-state index contributed by atoms with van der Waals surface area (Å²) in [6, 6.07) is 15.4. The zero-order valence-electron chi connectivity index (χ0n) is 17.2. The highest BCUT2D eigenvalue weighted by atomic mass is 16.1. The summed E-state index contributed by atoms with van der Waals surface area (Å²) in [5, 5.41) is 7.13. The van der Waals surface area contributed by atoms with Crippen molar-refractivity contribution in [3.8, 4) is 0 Å². The van der Waals surface area contributed by atoms with Crippen molar-refractivity contribution >= 4 is 11.6 Å². The van der Waals surface area contributed by atoms with E-state index in [2.05, 4.69) is 60.0 Å². The number of para-hydroxylation sites is 1. The van der Waals surface area contributed by atoms with E-state index in [1.165, 1.54) is 36.0 Å². The van der Waals surface area contributed by atoms with Crippen molar-refractivity contribution in [1.82, 2.24) is 5.32 Å². The minimum Gasteiger partial charge on any atom is -0.377 e. The largest absolute Gasteiger partial charge is 0.377 e. The average Bonchev–Trinajstić information content (AvgIpc) is 3.24. The van der Waals surface area contributed by atoms with Crippen molar-refractivity contribution in [1.29, 1.82) is 0 Å². The number of aryl methyl sites for hydroxylation is 1. The minimum atomic E-state index is 0.0743. The molecule has 3 aliphatic rings. The van der Waals surface area contributed by atoms with Crippen molar-refractivity contribution in [2.24, 2.45) is 5.92 Å². The summed E-state index contributed by atoms with van der Waals surface area (Å²) in [4.78, 5) is 13.2. The van der Waals surface area contributed by atoms with E-state index in [4.69, 9.17) is 0 Å². The Morgan fingerprint density at radius 1 is 1.00 bits per heavy atom. The van der Waals surface area contributed by atoms with E-state index in [-0.39, 0.29) is 11.9 Å². The van der Waals surface area contributed by atoms with Crippen LogP contribution in [-0.4, -0.2) is 11.9 Å². The molecule has 5 rings (SSSR count). The van der Waals surface area contributed by atoms with Gasteiger partial charge >= 0.3 is 0 Å². The Morgan fingerprint density at radius 2 is 1.79 bits per heavy atom. The molecule has 3 unspecified atom stereocenters. The molecule has 29 heavy (non-hydrogen) atoms. The highest BCUT2D eigenvalue weighted by Crippen LogP contribution is 2.51. The van der Waals surface area contributed by atoms with Gasteiger partial charge in [0.05, 0.1) is 17.3 Å². The Labute approximate surface area is 173 Å². The fraction of sp³-hybridized carbons (Fsp3) is 0.423. The molecule has 1 aliphatic heterocycles. The van der Waals surface area contributed by atoms with Gasteiger partial charge in [-0.3, -0.25) is 4.79 Å². The van der Waals surface area contributed by atoms with Gasteiger partial charge < -0.3 is 10.6 Å². The molecule has 1 amide bonds. The molecule has 0 aromatic heterocycles. The van der Waals surface area contributed by atoms with Crippen LogP contribution in [0.2, 0.25) is 0 Å². The number of anilines is 1. The normalized spacial score (nSPS) is 25.8. The highest BCUT2D eigenvalue weighted by Gasteiger charge is 2.39. The van der Waals surface area contributed by atoms with Crippen LogP contribution in [0.15, 0.2) is 54.6 Å². The van der Waals surface area contributed by atoms with E-state index < -0.39 is 0 Å². The summed E-state index contributed by atoms with van der Waals surface area (Å²) in [5.41, 5.74) is 5.75. The molecule has 2 aliphatic carbocycles. The molecule has 3 heteroatoms. The van der Waals surface area contributed by atoms with E-state index in [1.54, 1.807) is 0 Å². The van der Waals surface area contributed by atoms with Crippen LogP contribution in [0, 0.1) is 12.8 Å². The fourth-order valence-electron chi connectivity index (χ4n) is 5.56. The van der Waals surface area contributed by atoms with Crippen LogP contribution in [0.3, 0.4) is 0 Å². The van der Waals surface area contributed by atoms with Crippen molar-refractivity contribution in [3.63, 3.8) is 0 Å². The molecular weight excluding hydrogens is 356 g/mol. The molecule has 0 saturated heterocycles. The van der Waals surface area contributed by atoms with Crippen molar-refractivity contribution in [2.45, 2.75) is 63.5 Å². The highest BCUT2D eigenvalue weighted by molar-refractivity contribution is 6.01. The molecule has 3 atom stereocenters. The maximum atomic E-state index is 13.2. The van der Waals surface area contributed by atoms with Gasteiger partial charge in [-0.1, -0.05) is 67.8 Å². The average molecular weight is 387 g/mol. The summed E-state index contributed by atoms with van der Waals surface area (Å²) in [6.45, 7) is 2.19. The third-order valence-corrected chi connectivity index (χ3v) is 7.11. The number of carbonyl (C=O) groups excluding carboxylic acids is 1. The molecule has 0 spiro atoms. The van der Waals surface area contributed by atoms with Crippen LogP contribution in [0.5, 0.6) is 0 Å². The Bertz CT molecular complexity index is 941. The molecule has 150 valence electrons. The third-order valence-electron chi connectivity index (χ3n) is 7.11. The van der Waals surface area contributed by atoms with Crippen LogP contribution >= 0.6 is 0 Å². The van der Waals surface area contributed by atoms with Gasteiger partial charge in [0.25, 0.3) is 5.91 Å². The van der Waals surface area contributed by atoms with Crippen molar-refractivity contribution < 1.29 is 4.79 Å². The van der Waals surface area contributed by atoms with Gasteiger partial charge in [-0.05, 0) is 54.9 Å². The Kier molecular flexibility index (Phi) is 4.91. The van der Waals surface area contributed by atoms with Crippen LogP contribution in [0.4, 0.5) is 5.69 Å². The number of hydrogen-bond acceptors (Lipinski definition) is 2. The van der Waals surface area contributed by atoms with Crippen LogP contribution in [-0.2, 0) is 0 Å². The van der Waals surface area contributed by atoms with Gasteiger partial charge in [0.1, 0.15) is 0 Å². The monoisotopic (exact) mass is 386 g/mol. The molecule has 0 radical (unpaired) electrons. The number of carbonyl (C=O) groups is 1. The predicted molar refractivity (Wildman–Crippen MR) is 118 cm³/mol. The first-order valence-corrected chi connectivity index (χ1v) is 11.1. The van der Waals surface area contributed by atoms with E-state index in [0.717, 1.165) is 30.5 Å². The zero-order chi connectivity index (χ0) is 19.8. The lowest BCUT2D eigenvalue weighted by molar-refractivity contribution is 0.0928. The first kappa shape index (κ1) is 18.5. The standard InChI is InChI=1S/C26H30N2O/c1-17-9-5-6-12-19(17)24-21-14-7-13-20(21)22-15-8-16-23(25(22)28-24)26(29)27-18-10-3-2-4-11-18/h5-9,12-13,15-16,18,20-21,24,28H,2-4,10-11,14H2,1H3,(H,27,29). The summed E-state index contributed by atoms with van der Waals surface area (Å²) >= 11 is 0. The molecule has 3 nitrogen and oxygen atoms in total. The summed E-state index contributed by atoms with van der Waals surface area (Å²) in [7, 11) is 0. The predicted octanol–water partition coefficient (Wildman–Crippen LogP) is 5.88. The summed E-state index contributed by atoms with van der Waals surface area (Å²) in [5.74, 6) is 0.948.